The van der Waals surface area contributed by atoms with Gasteiger partial charge in [0.05, 0.1) is 24.3 Å². The van der Waals surface area contributed by atoms with E-state index in [1.165, 1.54) is 5.56 Å². The number of hydrogen-bond donors (Lipinski definition) is 0. The second kappa shape index (κ2) is 7.06. The molecular formula is C18H17BrN2O. The minimum Gasteiger partial charge on any atom is -0.371 e. The van der Waals surface area contributed by atoms with Crippen molar-refractivity contribution in [3.8, 4) is 6.07 Å². The summed E-state index contributed by atoms with van der Waals surface area (Å²) in [7, 11) is 0. The third-order valence-electron chi connectivity index (χ3n) is 3.90. The SMILES string of the molecule is N#Cc1ccccc1CN1CCOC(c2cccc(Br)c2)C1. The van der Waals surface area contributed by atoms with E-state index in [2.05, 4.69) is 39.0 Å². The average molecular weight is 357 g/mol. The third kappa shape index (κ3) is 3.56. The maximum atomic E-state index is 9.21. The zero-order chi connectivity index (χ0) is 15.4. The summed E-state index contributed by atoms with van der Waals surface area (Å²) in [5.41, 5.74) is 3.03. The van der Waals surface area contributed by atoms with Gasteiger partial charge in [-0.15, -0.1) is 0 Å². The van der Waals surface area contributed by atoms with Gasteiger partial charge in [-0.2, -0.15) is 5.26 Å². The average Bonchev–Trinajstić information content (AvgIpc) is 2.56. The molecule has 1 heterocycles. The molecule has 1 atom stereocenters. The molecule has 1 aliphatic rings. The third-order valence-corrected chi connectivity index (χ3v) is 4.40. The Morgan fingerprint density at radius 1 is 1.23 bits per heavy atom. The molecule has 0 spiro atoms. The fourth-order valence-corrected chi connectivity index (χ4v) is 3.18. The molecule has 0 N–H and O–H groups in total. The number of halogens is 1. The number of hydrogen-bond acceptors (Lipinski definition) is 3. The highest BCUT2D eigenvalue weighted by Crippen LogP contribution is 2.25. The van der Waals surface area contributed by atoms with Crippen molar-refractivity contribution in [1.82, 2.24) is 4.90 Å². The minimum atomic E-state index is 0.0838. The van der Waals surface area contributed by atoms with E-state index < -0.39 is 0 Å². The largest absolute Gasteiger partial charge is 0.371 e. The van der Waals surface area contributed by atoms with Crippen LogP contribution in [0.15, 0.2) is 53.0 Å². The highest BCUT2D eigenvalue weighted by molar-refractivity contribution is 9.10. The van der Waals surface area contributed by atoms with Gasteiger partial charge in [-0.1, -0.05) is 46.3 Å². The molecule has 1 fully saturated rings. The predicted octanol–water partition coefficient (Wildman–Crippen LogP) is 3.89. The topological polar surface area (TPSA) is 36.3 Å². The number of nitrogens with zero attached hydrogens (tertiary/aromatic N) is 2. The molecule has 0 radical (unpaired) electrons. The van der Waals surface area contributed by atoms with Crippen molar-refractivity contribution in [2.45, 2.75) is 12.6 Å². The van der Waals surface area contributed by atoms with Crippen molar-refractivity contribution in [1.29, 1.82) is 5.26 Å². The molecule has 4 heteroatoms. The lowest BCUT2D eigenvalue weighted by molar-refractivity contribution is -0.0329. The van der Waals surface area contributed by atoms with Crippen LogP contribution in [0.1, 0.15) is 22.8 Å². The van der Waals surface area contributed by atoms with Gasteiger partial charge in [-0.05, 0) is 29.3 Å². The molecule has 2 aromatic carbocycles. The van der Waals surface area contributed by atoms with Gasteiger partial charge in [0.15, 0.2) is 0 Å². The minimum absolute atomic E-state index is 0.0838. The maximum Gasteiger partial charge on any atom is 0.0995 e. The Balaban J connectivity index is 1.72. The molecule has 1 aliphatic heterocycles. The standard InChI is InChI=1S/C18H17BrN2O/c19-17-7-3-6-14(10-17)18-13-21(8-9-22-18)12-16-5-2-1-4-15(16)11-20/h1-7,10,18H,8-9,12-13H2. The van der Waals surface area contributed by atoms with Crippen LogP contribution in [0.25, 0.3) is 0 Å². The Morgan fingerprint density at radius 2 is 2.09 bits per heavy atom. The molecule has 3 rings (SSSR count). The molecule has 1 unspecified atom stereocenters. The van der Waals surface area contributed by atoms with Crippen molar-refractivity contribution in [3.05, 3.63) is 69.7 Å². The molecule has 0 amide bonds. The summed E-state index contributed by atoms with van der Waals surface area (Å²) in [4.78, 5) is 2.35. The Kier molecular flexibility index (Phi) is 4.89. The van der Waals surface area contributed by atoms with E-state index in [-0.39, 0.29) is 6.10 Å². The van der Waals surface area contributed by atoms with Crippen molar-refractivity contribution in [2.24, 2.45) is 0 Å². The first-order chi connectivity index (χ1) is 10.8. The van der Waals surface area contributed by atoms with Crippen LogP contribution in [0.5, 0.6) is 0 Å². The van der Waals surface area contributed by atoms with Gasteiger partial charge >= 0.3 is 0 Å². The molecule has 2 aromatic rings. The first-order valence-electron chi connectivity index (χ1n) is 7.33. The Hall–Kier alpha value is -1.67. The number of ether oxygens (including phenoxy) is 1. The number of nitriles is 1. The van der Waals surface area contributed by atoms with Crippen LogP contribution >= 0.6 is 15.9 Å². The summed E-state index contributed by atoms with van der Waals surface area (Å²) in [5, 5.41) is 9.21. The number of morpholine rings is 1. The van der Waals surface area contributed by atoms with Gasteiger partial charge in [0, 0.05) is 24.1 Å². The molecule has 112 valence electrons. The summed E-state index contributed by atoms with van der Waals surface area (Å²) in [6.07, 6.45) is 0.0838. The Morgan fingerprint density at radius 3 is 2.91 bits per heavy atom. The molecule has 22 heavy (non-hydrogen) atoms. The summed E-state index contributed by atoms with van der Waals surface area (Å²) in [6.45, 7) is 3.24. The van der Waals surface area contributed by atoms with Crippen LogP contribution in [-0.4, -0.2) is 24.6 Å². The van der Waals surface area contributed by atoms with E-state index >= 15 is 0 Å². The van der Waals surface area contributed by atoms with Crippen LogP contribution in [0.4, 0.5) is 0 Å². The zero-order valence-corrected chi connectivity index (χ0v) is 13.8. The van der Waals surface area contributed by atoms with Crippen molar-refractivity contribution >= 4 is 15.9 Å². The van der Waals surface area contributed by atoms with Crippen molar-refractivity contribution < 1.29 is 4.74 Å². The van der Waals surface area contributed by atoms with Gasteiger partial charge < -0.3 is 4.74 Å². The smallest absolute Gasteiger partial charge is 0.0995 e. The molecule has 0 aromatic heterocycles. The van der Waals surface area contributed by atoms with Gasteiger partial charge in [0.2, 0.25) is 0 Å². The predicted molar refractivity (Wildman–Crippen MR) is 89.3 cm³/mol. The van der Waals surface area contributed by atoms with Crippen LogP contribution in [0.2, 0.25) is 0 Å². The second-order valence-corrected chi connectivity index (χ2v) is 6.33. The maximum absolute atomic E-state index is 9.21. The summed E-state index contributed by atoms with van der Waals surface area (Å²) >= 11 is 3.51. The van der Waals surface area contributed by atoms with E-state index in [0.29, 0.717) is 6.61 Å². The van der Waals surface area contributed by atoms with E-state index in [1.807, 2.05) is 36.4 Å². The van der Waals surface area contributed by atoms with E-state index in [4.69, 9.17) is 4.74 Å². The molecule has 0 saturated carbocycles. The van der Waals surface area contributed by atoms with Crippen LogP contribution in [0, 0.1) is 11.3 Å². The summed E-state index contributed by atoms with van der Waals surface area (Å²) in [6, 6.07) is 18.3. The molecule has 3 nitrogen and oxygen atoms in total. The fraction of sp³-hybridized carbons (Fsp3) is 0.278. The quantitative estimate of drug-likeness (QED) is 0.836. The van der Waals surface area contributed by atoms with Crippen LogP contribution in [0.3, 0.4) is 0 Å². The molecule has 0 aliphatic carbocycles. The first-order valence-corrected chi connectivity index (χ1v) is 8.13. The molecule has 1 saturated heterocycles. The van der Waals surface area contributed by atoms with Gasteiger partial charge in [0.1, 0.15) is 0 Å². The summed E-state index contributed by atoms with van der Waals surface area (Å²) in [5.74, 6) is 0. The van der Waals surface area contributed by atoms with E-state index in [0.717, 1.165) is 35.2 Å². The lowest BCUT2D eigenvalue weighted by Crippen LogP contribution is -2.37. The second-order valence-electron chi connectivity index (χ2n) is 5.42. The van der Waals surface area contributed by atoms with Gasteiger partial charge in [-0.3, -0.25) is 4.90 Å². The fourth-order valence-electron chi connectivity index (χ4n) is 2.76. The highest BCUT2D eigenvalue weighted by atomic mass is 79.9. The van der Waals surface area contributed by atoms with E-state index in [9.17, 15) is 5.26 Å². The lowest BCUT2D eigenvalue weighted by Gasteiger charge is -2.33. The van der Waals surface area contributed by atoms with E-state index in [1.54, 1.807) is 0 Å². The number of benzene rings is 2. The van der Waals surface area contributed by atoms with Crippen LogP contribution in [-0.2, 0) is 11.3 Å². The highest BCUT2D eigenvalue weighted by Gasteiger charge is 2.22. The van der Waals surface area contributed by atoms with Crippen molar-refractivity contribution in [2.75, 3.05) is 19.7 Å². The lowest BCUT2D eigenvalue weighted by atomic mass is 10.1. The first kappa shape index (κ1) is 15.2. The van der Waals surface area contributed by atoms with Crippen LogP contribution < -0.4 is 0 Å². The Labute approximate surface area is 139 Å². The van der Waals surface area contributed by atoms with Gasteiger partial charge in [0.25, 0.3) is 0 Å². The number of rotatable bonds is 3. The van der Waals surface area contributed by atoms with Crippen molar-refractivity contribution in [3.63, 3.8) is 0 Å². The molecular weight excluding hydrogens is 340 g/mol. The normalized spacial score (nSPS) is 18.8. The molecule has 0 bridgehead atoms. The zero-order valence-electron chi connectivity index (χ0n) is 12.2. The Bertz CT molecular complexity index is 695. The monoisotopic (exact) mass is 356 g/mol. The summed E-state index contributed by atoms with van der Waals surface area (Å²) < 4.78 is 6.99. The van der Waals surface area contributed by atoms with Gasteiger partial charge in [-0.25, -0.2) is 0 Å².